The Labute approximate surface area is 208 Å². The van der Waals surface area contributed by atoms with Crippen molar-refractivity contribution >= 4 is 17.3 Å². The lowest BCUT2D eigenvalue weighted by atomic mass is 9.83. The van der Waals surface area contributed by atoms with Crippen molar-refractivity contribution < 1.29 is 5.11 Å². The molecule has 0 amide bonds. The summed E-state index contributed by atoms with van der Waals surface area (Å²) in [5.74, 6) is 0.371. The SMILES string of the molecule is Cc1cc(-c2cnn(C)c2)c(C#N)cc1Nc1nccc(-c2cc(C#N)c3c(c2)[C@@](C)(CO)CN3)n1. The Hall–Kier alpha value is -4.73. The van der Waals surface area contributed by atoms with E-state index >= 15 is 0 Å². The molecule has 5 rings (SSSR count). The van der Waals surface area contributed by atoms with Crippen molar-refractivity contribution in [2.24, 2.45) is 7.05 Å². The van der Waals surface area contributed by atoms with Crippen molar-refractivity contribution in [1.29, 1.82) is 10.5 Å². The zero-order valence-corrected chi connectivity index (χ0v) is 20.2. The van der Waals surface area contributed by atoms with Crippen molar-refractivity contribution in [2.45, 2.75) is 19.3 Å². The van der Waals surface area contributed by atoms with Crippen LogP contribution < -0.4 is 10.6 Å². The number of nitrogens with zero attached hydrogens (tertiary/aromatic N) is 6. The van der Waals surface area contributed by atoms with Crippen molar-refractivity contribution in [2.75, 3.05) is 23.8 Å². The maximum atomic E-state index is 9.98. The van der Waals surface area contributed by atoms with Crippen molar-refractivity contribution in [3.63, 3.8) is 0 Å². The van der Waals surface area contributed by atoms with Gasteiger partial charge in [0.2, 0.25) is 5.95 Å². The lowest BCUT2D eigenvalue weighted by Gasteiger charge is -2.21. The summed E-state index contributed by atoms with van der Waals surface area (Å²) in [6, 6.07) is 13.8. The van der Waals surface area contributed by atoms with E-state index in [1.165, 1.54) is 0 Å². The summed E-state index contributed by atoms with van der Waals surface area (Å²) in [4.78, 5) is 9.05. The van der Waals surface area contributed by atoms with Crippen LogP contribution in [0.1, 0.15) is 29.2 Å². The summed E-state index contributed by atoms with van der Waals surface area (Å²) in [7, 11) is 1.84. The van der Waals surface area contributed by atoms with Gasteiger partial charge in [0.15, 0.2) is 0 Å². The minimum atomic E-state index is -0.480. The second kappa shape index (κ2) is 8.81. The number of hydrogen-bond donors (Lipinski definition) is 3. The highest BCUT2D eigenvalue weighted by molar-refractivity contribution is 5.78. The highest BCUT2D eigenvalue weighted by Crippen LogP contribution is 2.41. The second-order valence-corrected chi connectivity index (χ2v) is 9.25. The summed E-state index contributed by atoms with van der Waals surface area (Å²) in [6.45, 7) is 4.45. The lowest BCUT2D eigenvalue weighted by molar-refractivity contribution is 0.219. The third-order valence-electron chi connectivity index (χ3n) is 6.61. The van der Waals surface area contributed by atoms with E-state index in [4.69, 9.17) is 0 Å². The van der Waals surface area contributed by atoms with Gasteiger partial charge in [-0.05, 0) is 48.4 Å². The zero-order valence-electron chi connectivity index (χ0n) is 20.2. The van der Waals surface area contributed by atoms with Crippen molar-refractivity contribution in [3.05, 3.63) is 71.2 Å². The number of anilines is 3. The Morgan fingerprint density at radius 1 is 1.17 bits per heavy atom. The summed E-state index contributed by atoms with van der Waals surface area (Å²) in [6.07, 6.45) is 5.26. The van der Waals surface area contributed by atoms with Gasteiger partial charge >= 0.3 is 0 Å². The maximum absolute atomic E-state index is 9.98. The molecule has 0 bridgehead atoms. The zero-order chi connectivity index (χ0) is 25.4. The average molecular weight is 477 g/mol. The quantitative estimate of drug-likeness (QED) is 0.393. The molecule has 0 saturated carbocycles. The predicted molar refractivity (Wildman–Crippen MR) is 136 cm³/mol. The molecule has 0 radical (unpaired) electrons. The monoisotopic (exact) mass is 476 g/mol. The van der Waals surface area contributed by atoms with E-state index in [9.17, 15) is 15.6 Å². The summed E-state index contributed by atoms with van der Waals surface area (Å²) >= 11 is 0. The number of rotatable bonds is 5. The average Bonchev–Trinajstić information content (AvgIpc) is 3.48. The van der Waals surface area contributed by atoms with Gasteiger partial charge in [-0.3, -0.25) is 4.68 Å². The molecule has 1 aliphatic heterocycles. The fourth-order valence-electron chi connectivity index (χ4n) is 4.50. The van der Waals surface area contributed by atoms with E-state index in [2.05, 4.69) is 37.8 Å². The first-order valence-corrected chi connectivity index (χ1v) is 11.4. The standard InChI is InChI=1S/C27H24N8O/c1-16-6-21(20-12-32-35(3)13-20)18(10-28)9-24(16)34-26-30-5-4-23(33-26)17-7-19(11-29)25-22(8-17)27(2,15-36)14-31-25/h4-9,12-13,31,36H,14-15H2,1-3H3,(H,30,33,34)/t27-/m1/s1. The van der Waals surface area contributed by atoms with Gasteiger partial charge in [-0.15, -0.1) is 0 Å². The molecule has 0 unspecified atom stereocenters. The van der Waals surface area contributed by atoms with Gasteiger partial charge in [0.25, 0.3) is 0 Å². The highest BCUT2D eigenvalue weighted by atomic mass is 16.3. The number of nitrogens with one attached hydrogen (secondary N) is 2. The molecule has 0 fully saturated rings. The molecule has 2 aromatic carbocycles. The number of hydrogen-bond acceptors (Lipinski definition) is 8. The fourth-order valence-corrected chi connectivity index (χ4v) is 4.50. The molecule has 178 valence electrons. The van der Waals surface area contributed by atoms with Crippen LogP contribution in [0.15, 0.2) is 48.9 Å². The molecular weight excluding hydrogens is 452 g/mol. The molecule has 1 aliphatic rings. The summed E-state index contributed by atoms with van der Waals surface area (Å²) < 4.78 is 1.70. The minimum absolute atomic E-state index is 0.0343. The highest BCUT2D eigenvalue weighted by Gasteiger charge is 2.36. The van der Waals surface area contributed by atoms with E-state index in [0.29, 0.717) is 29.3 Å². The van der Waals surface area contributed by atoms with E-state index < -0.39 is 5.41 Å². The number of benzene rings is 2. The van der Waals surface area contributed by atoms with Crippen LogP contribution in [-0.2, 0) is 12.5 Å². The molecule has 0 aliphatic carbocycles. The van der Waals surface area contributed by atoms with Crippen LogP contribution in [-0.4, -0.2) is 38.0 Å². The first kappa shape index (κ1) is 23.0. The Morgan fingerprint density at radius 3 is 2.67 bits per heavy atom. The van der Waals surface area contributed by atoms with Crippen LogP contribution in [0.25, 0.3) is 22.4 Å². The second-order valence-electron chi connectivity index (χ2n) is 9.25. The van der Waals surface area contributed by atoms with Crippen LogP contribution >= 0.6 is 0 Å². The van der Waals surface area contributed by atoms with Crippen molar-refractivity contribution in [1.82, 2.24) is 19.7 Å². The molecule has 4 aromatic rings. The van der Waals surface area contributed by atoms with Crippen LogP contribution in [0, 0.1) is 29.6 Å². The van der Waals surface area contributed by atoms with Gasteiger partial charge in [-0.1, -0.05) is 6.92 Å². The first-order chi connectivity index (χ1) is 17.3. The van der Waals surface area contributed by atoms with Crippen LogP contribution in [0.2, 0.25) is 0 Å². The molecule has 1 atom stereocenters. The van der Waals surface area contributed by atoms with Gasteiger partial charge in [0.1, 0.15) is 6.07 Å². The molecule has 0 saturated heterocycles. The van der Waals surface area contributed by atoms with Gasteiger partial charge in [-0.25, -0.2) is 9.97 Å². The smallest absolute Gasteiger partial charge is 0.227 e. The fraction of sp³-hybridized carbons (Fsp3) is 0.222. The Kier molecular flexibility index (Phi) is 5.63. The number of aliphatic hydroxyl groups excluding tert-OH is 1. The van der Waals surface area contributed by atoms with Crippen LogP contribution in [0.5, 0.6) is 0 Å². The van der Waals surface area contributed by atoms with E-state index in [0.717, 1.165) is 39.2 Å². The van der Waals surface area contributed by atoms with E-state index in [1.807, 2.05) is 39.2 Å². The predicted octanol–water partition coefficient (Wildman–Crippen LogP) is 4.01. The molecule has 36 heavy (non-hydrogen) atoms. The normalized spacial score (nSPS) is 16.1. The van der Waals surface area contributed by atoms with Crippen LogP contribution in [0.3, 0.4) is 0 Å². The van der Waals surface area contributed by atoms with E-state index in [1.54, 1.807) is 35.3 Å². The third kappa shape index (κ3) is 3.92. The number of aryl methyl sites for hydroxylation is 2. The van der Waals surface area contributed by atoms with Gasteiger partial charge in [-0.2, -0.15) is 15.6 Å². The Bertz CT molecular complexity index is 1580. The summed E-state index contributed by atoms with van der Waals surface area (Å²) in [5.41, 5.74) is 6.94. The molecule has 9 nitrogen and oxygen atoms in total. The molecule has 9 heteroatoms. The lowest BCUT2D eigenvalue weighted by Crippen LogP contribution is -2.28. The minimum Gasteiger partial charge on any atom is -0.395 e. The Morgan fingerprint density at radius 2 is 1.97 bits per heavy atom. The summed E-state index contributed by atoms with van der Waals surface area (Å²) in [5, 5.41) is 40.2. The topological polar surface area (TPSA) is 135 Å². The van der Waals surface area contributed by atoms with Gasteiger partial charge in [0, 0.05) is 53.8 Å². The number of fused-ring (bicyclic) bond motifs is 1. The van der Waals surface area contributed by atoms with Gasteiger partial charge < -0.3 is 15.7 Å². The molecule has 0 spiro atoms. The number of nitriles is 2. The van der Waals surface area contributed by atoms with Crippen molar-refractivity contribution in [3.8, 4) is 34.5 Å². The molecule has 3 heterocycles. The van der Waals surface area contributed by atoms with Crippen LogP contribution in [0.4, 0.5) is 17.3 Å². The molecule has 2 aromatic heterocycles. The van der Waals surface area contributed by atoms with E-state index in [-0.39, 0.29) is 6.61 Å². The largest absolute Gasteiger partial charge is 0.395 e. The number of aromatic nitrogens is 4. The van der Waals surface area contributed by atoms with Gasteiger partial charge in [0.05, 0.1) is 41.4 Å². The molecule has 3 N–H and O–H groups in total. The first-order valence-electron chi connectivity index (χ1n) is 11.4. The third-order valence-corrected chi connectivity index (χ3v) is 6.61. The maximum Gasteiger partial charge on any atom is 0.227 e. The molecular formula is C27H24N8O. The Balaban J connectivity index is 1.51. The number of aliphatic hydroxyl groups is 1.